The van der Waals surface area contributed by atoms with E-state index in [0.717, 1.165) is 53.7 Å². The van der Waals surface area contributed by atoms with Crippen LogP contribution in [0.25, 0.3) is 0 Å². The Kier molecular flexibility index (Phi) is 9.41. The van der Waals surface area contributed by atoms with Crippen LogP contribution in [0.2, 0.25) is 0 Å². The fourth-order valence-corrected chi connectivity index (χ4v) is 8.85. The van der Waals surface area contributed by atoms with Crippen molar-refractivity contribution in [1.82, 2.24) is 9.29 Å². The fourth-order valence-electron chi connectivity index (χ4n) is 5.87. The largest absolute Gasteiger partial charge is 0.495 e. The molecule has 4 aromatic rings. The Morgan fingerprint density at radius 1 is 0.978 bits per heavy atom. The lowest BCUT2D eigenvalue weighted by molar-refractivity contribution is 0.0729. The van der Waals surface area contributed by atoms with Crippen molar-refractivity contribution >= 4 is 38.7 Å². The number of carbonyl (C=O) groups is 2. The first-order valence-electron chi connectivity index (χ1n) is 15.0. The predicted molar refractivity (Wildman–Crippen MR) is 173 cm³/mol. The molecule has 11 heteroatoms. The number of aryl methyl sites for hydroxylation is 1. The van der Waals surface area contributed by atoms with E-state index < -0.39 is 10.0 Å². The Hall–Kier alpha value is -3.90. The maximum Gasteiger partial charge on any atom is 0.257 e. The number of ketones is 1. The number of sulfonamides is 1. The molecule has 1 N–H and O–H groups in total. The third-order valence-corrected chi connectivity index (χ3v) is 11.4. The molecule has 9 nitrogen and oxygen atoms in total. The van der Waals surface area contributed by atoms with Crippen molar-refractivity contribution in [3.8, 4) is 5.75 Å². The molecule has 1 saturated heterocycles. The number of thiophene rings is 1. The van der Waals surface area contributed by atoms with Gasteiger partial charge in [-0.2, -0.15) is 4.31 Å². The molecule has 234 valence electrons. The summed E-state index contributed by atoms with van der Waals surface area (Å²) in [5.41, 5.74) is 4.80. The number of nitrogens with one attached hydrogen (secondary N) is 1. The van der Waals surface area contributed by atoms with E-state index in [9.17, 15) is 18.0 Å². The number of aromatic nitrogens is 1. The molecule has 2 aromatic heterocycles. The third-order valence-electron chi connectivity index (χ3n) is 8.24. The first kappa shape index (κ1) is 31.1. The van der Waals surface area contributed by atoms with Crippen LogP contribution in [-0.2, 0) is 40.4 Å². The lowest BCUT2D eigenvalue weighted by Gasteiger charge is -2.26. The molecule has 0 bridgehead atoms. The fraction of sp³-hybridized carbons (Fsp3) is 0.324. The van der Waals surface area contributed by atoms with E-state index in [1.54, 1.807) is 18.5 Å². The van der Waals surface area contributed by atoms with Gasteiger partial charge in [-0.1, -0.05) is 12.1 Å². The van der Waals surface area contributed by atoms with Gasteiger partial charge in [-0.05, 0) is 91.3 Å². The number of pyridine rings is 1. The van der Waals surface area contributed by atoms with E-state index in [4.69, 9.17) is 9.47 Å². The minimum Gasteiger partial charge on any atom is -0.495 e. The van der Waals surface area contributed by atoms with Gasteiger partial charge >= 0.3 is 0 Å². The van der Waals surface area contributed by atoms with Gasteiger partial charge in [0.1, 0.15) is 10.6 Å². The Morgan fingerprint density at radius 2 is 1.69 bits per heavy atom. The van der Waals surface area contributed by atoms with Gasteiger partial charge in [-0.3, -0.25) is 14.6 Å². The molecule has 6 rings (SSSR count). The molecule has 2 aliphatic rings. The van der Waals surface area contributed by atoms with Crippen molar-refractivity contribution in [1.29, 1.82) is 0 Å². The van der Waals surface area contributed by atoms with Gasteiger partial charge in [0.2, 0.25) is 10.0 Å². The van der Waals surface area contributed by atoms with Crippen molar-refractivity contribution in [2.45, 2.75) is 43.4 Å². The smallest absolute Gasteiger partial charge is 0.257 e. The molecule has 0 saturated carbocycles. The van der Waals surface area contributed by atoms with Crippen LogP contribution in [-0.4, -0.2) is 62.8 Å². The highest BCUT2D eigenvalue weighted by atomic mass is 32.2. The summed E-state index contributed by atoms with van der Waals surface area (Å²) < 4.78 is 39.0. The summed E-state index contributed by atoms with van der Waals surface area (Å²) in [6, 6.07) is 16.2. The molecule has 45 heavy (non-hydrogen) atoms. The SMILES string of the molecule is COc1ccc(C(=O)Cc2sc3c(c2C(=O)Nc2ccc(Cc4ccncc4)cc2)CCCC3)cc1S(=O)(=O)N1CCOCC1. The molecule has 0 unspecified atom stereocenters. The highest BCUT2D eigenvalue weighted by Gasteiger charge is 2.31. The second-order valence-electron chi connectivity index (χ2n) is 11.2. The predicted octanol–water partition coefficient (Wildman–Crippen LogP) is 5.32. The summed E-state index contributed by atoms with van der Waals surface area (Å²) in [4.78, 5) is 33.3. The third kappa shape index (κ3) is 6.86. The van der Waals surface area contributed by atoms with Crippen LogP contribution in [0.5, 0.6) is 5.75 Å². The monoisotopic (exact) mass is 645 g/mol. The molecular formula is C34H35N3O6S2. The van der Waals surface area contributed by atoms with E-state index in [-0.39, 0.29) is 47.4 Å². The summed E-state index contributed by atoms with van der Waals surface area (Å²) in [6.45, 7) is 1.08. The topological polar surface area (TPSA) is 115 Å². The average Bonchev–Trinajstić information content (AvgIpc) is 3.44. The van der Waals surface area contributed by atoms with Crippen LogP contribution in [0.4, 0.5) is 5.69 Å². The van der Waals surface area contributed by atoms with Gasteiger partial charge in [-0.15, -0.1) is 11.3 Å². The molecule has 0 radical (unpaired) electrons. The molecule has 1 fully saturated rings. The van der Waals surface area contributed by atoms with Crippen LogP contribution in [0.3, 0.4) is 0 Å². The van der Waals surface area contributed by atoms with Gasteiger partial charge in [0, 0.05) is 52.9 Å². The van der Waals surface area contributed by atoms with E-state index in [1.807, 2.05) is 36.4 Å². The summed E-state index contributed by atoms with van der Waals surface area (Å²) in [6.07, 6.45) is 8.01. The first-order chi connectivity index (χ1) is 21.8. The summed E-state index contributed by atoms with van der Waals surface area (Å²) in [5.74, 6) is -0.315. The van der Waals surface area contributed by atoms with E-state index in [0.29, 0.717) is 29.3 Å². The lowest BCUT2D eigenvalue weighted by Crippen LogP contribution is -2.40. The quantitative estimate of drug-likeness (QED) is 0.232. The number of methoxy groups -OCH3 is 1. The molecule has 1 aliphatic carbocycles. The van der Waals surface area contributed by atoms with Crippen LogP contribution in [0.15, 0.2) is 71.9 Å². The van der Waals surface area contributed by atoms with Gasteiger partial charge in [-0.25, -0.2) is 8.42 Å². The zero-order chi connectivity index (χ0) is 31.4. The molecule has 2 aromatic carbocycles. The Bertz CT molecular complexity index is 1800. The standard InChI is InChI=1S/C34H35N3O6S2/c1-42-29-11-8-25(21-32(29)45(40,41)37-16-18-43-19-17-37)28(38)22-31-33(27-4-2-3-5-30(27)44-31)34(39)36-26-9-6-23(7-10-26)20-24-12-14-35-15-13-24/h6-15,21H,2-5,16-20,22H2,1H3,(H,36,39). The Morgan fingerprint density at radius 3 is 2.42 bits per heavy atom. The number of amides is 1. The molecular weight excluding hydrogens is 611 g/mol. The van der Waals surface area contributed by atoms with Crippen molar-refractivity contribution in [2.75, 3.05) is 38.7 Å². The number of fused-ring (bicyclic) bond motifs is 1. The lowest BCUT2D eigenvalue weighted by atomic mass is 9.93. The zero-order valence-electron chi connectivity index (χ0n) is 25.1. The number of anilines is 1. The second-order valence-corrected chi connectivity index (χ2v) is 14.3. The van der Waals surface area contributed by atoms with Gasteiger partial charge in [0.25, 0.3) is 5.91 Å². The van der Waals surface area contributed by atoms with E-state index >= 15 is 0 Å². The molecule has 1 aliphatic heterocycles. The number of Topliss-reactive ketones (excluding diaryl/α,β-unsaturated/α-hetero) is 1. The van der Waals surface area contributed by atoms with Gasteiger partial charge < -0.3 is 14.8 Å². The molecule has 1 amide bonds. The summed E-state index contributed by atoms with van der Waals surface area (Å²) in [7, 11) is -2.49. The number of rotatable bonds is 10. The Balaban J connectivity index is 1.24. The number of nitrogens with zero attached hydrogens (tertiary/aromatic N) is 2. The minimum atomic E-state index is -3.90. The number of hydrogen-bond acceptors (Lipinski definition) is 8. The molecule has 3 heterocycles. The van der Waals surface area contributed by atoms with Gasteiger partial charge in [0.15, 0.2) is 5.78 Å². The van der Waals surface area contributed by atoms with Crippen molar-refractivity contribution in [3.63, 3.8) is 0 Å². The number of ether oxygens (including phenoxy) is 2. The number of benzene rings is 2. The minimum absolute atomic E-state index is 0.00530. The zero-order valence-corrected chi connectivity index (χ0v) is 26.7. The van der Waals surface area contributed by atoms with E-state index in [1.165, 1.54) is 34.9 Å². The molecule has 0 atom stereocenters. The summed E-state index contributed by atoms with van der Waals surface area (Å²) in [5, 5.41) is 3.05. The summed E-state index contributed by atoms with van der Waals surface area (Å²) >= 11 is 1.52. The van der Waals surface area contributed by atoms with Crippen molar-refractivity contribution < 1.29 is 27.5 Å². The number of morpholine rings is 1. The normalized spacial score (nSPS) is 15.3. The second kappa shape index (κ2) is 13.6. The van der Waals surface area contributed by atoms with Crippen LogP contribution in [0.1, 0.15) is 60.0 Å². The average molecular weight is 646 g/mol. The Labute approximate surface area is 267 Å². The van der Waals surface area contributed by atoms with Crippen molar-refractivity contribution in [2.24, 2.45) is 0 Å². The van der Waals surface area contributed by atoms with Crippen molar-refractivity contribution in [3.05, 3.63) is 105 Å². The van der Waals surface area contributed by atoms with Crippen LogP contribution < -0.4 is 10.1 Å². The van der Waals surface area contributed by atoms with Crippen LogP contribution in [0, 0.1) is 0 Å². The maximum atomic E-state index is 13.8. The number of hydrogen-bond donors (Lipinski definition) is 1. The van der Waals surface area contributed by atoms with Gasteiger partial charge in [0.05, 0.1) is 25.9 Å². The number of carbonyl (C=O) groups excluding carboxylic acids is 2. The maximum absolute atomic E-state index is 13.8. The van der Waals surface area contributed by atoms with Crippen LogP contribution >= 0.6 is 11.3 Å². The first-order valence-corrected chi connectivity index (χ1v) is 17.3. The highest BCUT2D eigenvalue weighted by molar-refractivity contribution is 7.89. The highest BCUT2D eigenvalue weighted by Crippen LogP contribution is 2.36. The van der Waals surface area contributed by atoms with E-state index in [2.05, 4.69) is 10.3 Å². The molecule has 0 spiro atoms.